The highest BCUT2D eigenvalue weighted by Gasteiger charge is 2.20. The van der Waals surface area contributed by atoms with E-state index in [4.69, 9.17) is 0 Å². The minimum Gasteiger partial charge on any atom is -0.333 e. The normalized spacial score (nSPS) is 21.2. The third-order valence-electron chi connectivity index (χ3n) is 4.20. The Morgan fingerprint density at radius 2 is 2.06 bits per heavy atom. The van der Waals surface area contributed by atoms with Crippen molar-refractivity contribution in [3.8, 4) is 0 Å². The van der Waals surface area contributed by atoms with Crippen LogP contribution in [0.15, 0.2) is 12.5 Å². The molecule has 0 radical (unpaired) electrons. The van der Waals surface area contributed by atoms with Gasteiger partial charge < -0.3 is 9.88 Å². The number of nitrogens with one attached hydrogen (secondary N) is 1. The number of imidazole rings is 1. The fourth-order valence-electron chi connectivity index (χ4n) is 2.85. The lowest BCUT2D eigenvalue weighted by molar-refractivity contribution is 0.449. The Bertz CT molecular complexity index is 348. The zero-order valence-corrected chi connectivity index (χ0v) is 10.6. The summed E-state index contributed by atoms with van der Waals surface area (Å²) in [5, 5.41) is 3.57. The molecule has 1 heterocycles. The first kappa shape index (κ1) is 11.3. The van der Waals surface area contributed by atoms with Crippen LogP contribution in [0.5, 0.6) is 0 Å². The molecule has 1 aromatic rings. The second-order valence-electron chi connectivity index (χ2n) is 5.67. The Hall–Kier alpha value is -0.830. The van der Waals surface area contributed by atoms with E-state index in [1.54, 1.807) is 0 Å². The van der Waals surface area contributed by atoms with E-state index in [-0.39, 0.29) is 0 Å². The third kappa shape index (κ3) is 3.09. The predicted molar refractivity (Wildman–Crippen MR) is 68.7 cm³/mol. The number of rotatable bonds is 6. The zero-order chi connectivity index (χ0) is 11.5. The quantitative estimate of drug-likeness (QED) is 0.818. The molecule has 3 rings (SSSR count). The topological polar surface area (TPSA) is 29.9 Å². The second-order valence-corrected chi connectivity index (χ2v) is 5.67. The summed E-state index contributed by atoms with van der Waals surface area (Å²) in [4.78, 5) is 4.29. The standard InChI is InChI=1S/C14H23N3/c1-2-4-12(3-1)7-8-17-11-15-9-14(17)10-16-13-5-6-13/h9,11-13,16H,1-8,10H2. The van der Waals surface area contributed by atoms with Gasteiger partial charge in [-0.25, -0.2) is 4.98 Å². The maximum atomic E-state index is 4.29. The molecular weight excluding hydrogens is 210 g/mol. The monoisotopic (exact) mass is 233 g/mol. The molecule has 0 spiro atoms. The molecule has 3 heteroatoms. The molecule has 17 heavy (non-hydrogen) atoms. The highest BCUT2D eigenvalue weighted by molar-refractivity contribution is 4.99. The molecule has 0 bridgehead atoms. The van der Waals surface area contributed by atoms with E-state index in [1.807, 2.05) is 12.5 Å². The van der Waals surface area contributed by atoms with Gasteiger partial charge in [0.2, 0.25) is 0 Å². The first-order valence-electron chi connectivity index (χ1n) is 7.14. The smallest absolute Gasteiger partial charge is 0.0948 e. The van der Waals surface area contributed by atoms with Gasteiger partial charge in [-0.15, -0.1) is 0 Å². The molecule has 0 atom stereocenters. The summed E-state index contributed by atoms with van der Waals surface area (Å²) in [5.74, 6) is 0.974. The van der Waals surface area contributed by atoms with E-state index >= 15 is 0 Å². The molecule has 0 aliphatic heterocycles. The van der Waals surface area contributed by atoms with Crippen LogP contribution in [0.1, 0.15) is 50.6 Å². The predicted octanol–water partition coefficient (Wildman–Crippen LogP) is 2.72. The SMILES string of the molecule is c1ncn(CCC2CCCC2)c1CNC1CC1. The van der Waals surface area contributed by atoms with Gasteiger partial charge in [0.25, 0.3) is 0 Å². The molecule has 3 nitrogen and oxygen atoms in total. The Balaban J connectivity index is 1.48. The van der Waals surface area contributed by atoms with Crippen LogP contribution >= 0.6 is 0 Å². The van der Waals surface area contributed by atoms with Gasteiger partial charge in [-0.3, -0.25) is 0 Å². The summed E-state index contributed by atoms with van der Waals surface area (Å²) < 4.78 is 2.34. The van der Waals surface area contributed by atoms with Crippen LogP contribution in [0, 0.1) is 5.92 Å². The van der Waals surface area contributed by atoms with Crippen molar-refractivity contribution in [3.63, 3.8) is 0 Å². The van der Waals surface area contributed by atoms with E-state index in [9.17, 15) is 0 Å². The highest BCUT2D eigenvalue weighted by Crippen LogP contribution is 2.28. The molecule has 2 saturated carbocycles. The van der Waals surface area contributed by atoms with Crippen LogP contribution in [0.3, 0.4) is 0 Å². The van der Waals surface area contributed by atoms with Crippen molar-refractivity contribution in [2.75, 3.05) is 0 Å². The lowest BCUT2D eigenvalue weighted by Gasteiger charge is -2.12. The van der Waals surface area contributed by atoms with Gasteiger partial charge in [0.05, 0.1) is 12.0 Å². The van der Waals surface area contributed by atoms with Crippen molar-refractivity contribution in [2.24, 2.45) is 5.92 Å². The molecule has 2 aliphatic carbocycles. The zero-order valence-electron chi connectivity index (χ0n) is 10.6. The van der Waals surface area contributed by atoms with Crippen LogP contribution in [-0.2, 0) is 13.1 Å². The maximum absolute atomic E-state index is 4.29. The largest absolute Gasteiger partial charge is 0.333 e. The highest BCUT2D eigenvalue weighted by atomic mass is 15.1. The van der Waals surface area contributed by atoms with Crippen molar-refractivity contribution >= 4 is 0 Å². The van der Waals surface area contributed by atoms with Crippen LogP contribution in [0.4, 0.5) is 0 Å². The third-order valence-corrected chi connectivity index (χ3v) is 4.20. The van der Waals surface area contributed by atoms with Crippen LogP contribution in [0.2, 0.25) is 0 Å². The summed E-state index contributed by atoms with van der Waals surface area (Å²) in [6.07, 6.45) is 13.9. The van der Waals surface area contributed by atoms with Gasteiger partial charge in [0, 0.05) is 25.3 Å². The lowest BCUT2D eigenvalue weighted by atomic mass is 10.0. The molecule has 94 valence electrons. The summed E-state index contributed by atoms with van der Waals surface area (Å²) >= 11 is 0. The second kappa shape index (κ2) is 5.21. The first-order valence-corrected chi connectivity index (χ1v) is 7.14. The Labute approximate surface area is 104 Å². The van der Waals surface area contributed by atoms with Crippen molar-refractivity contribution in [2.45, 2.75) is 64.1 Å². The van der Waals surface area contributed by atoms with Gasteiger partial charge in [0.1, 0.15) is 0 Å². The number of aromatic nitrogens is 2. The summed E-state index contributed by atoms with van der Waals surface area (Å²) in [5.41, 5.74) is 1.36. The number of nitrogens with zero attached hydrogens (tertiary/aromatic N) is 2. The Morgan fingerprint density at radius 3 is 2.82 bits per heavy atom. The summed E-state index contributed by atoms with van der Waals surface area (Å²) in [6, 6.07) is 0.785. The molecule has 0 amide bonds. The summed E-state index contributed by atoms with van der Waals surface area (Å²) in [6.45, 7) is 2.15. The number of hydrogen-bond acceptors (Lipinski definition) is 2. The molecule has 1 N–H and O–H groups in total. The summed E-state index contributed by atoms with van der Waals surface area (Å²) in [7, 11) is 0. The van der Waals surface area contributed by atoms with E-state index < -0.39 is 0 Å². The fraction of sp³-hybridized carbons (Fsp3) is 0.786. The van der Waals surface area contributed by atoms with E-state index in [1.165, 1.54) is 50.6 Å². The average Bonchev–Trinajstić information content (AvgIpc) is 2.86. The van der Waals surface area contributed by atoms with Gasteiger partial charge in [-0.05, 0) is 25.2 Å². The van der Waals surface area contributed by atoms with Gasteiger partial charge in [-0.1, -0.05) is 25.7 Å². The van der Waals surface area contributed by atoms with Crippen LogP contribution in [0.25, 0.3) is 0 Å². The van der Waals surface area contributed by atoms with Crippen LogP contribution < -0.4 is 5.32 Å². The maximum Gasteiger partial charge on any atom is 0.0948 e. The molecule has 0 unspecified atom stereocenters. The van der Waals surface area contributed by atoms with E-state index in [2.05, 4.69) is 14.9 Å². The van der Waals surface area contributed by atoms with E-state index in [0.29, 0.717) is 0 Å². The van der Waals surface area contributed by atoms with Crippen molar-refractivity contribution < 1.29 is 0 Å². The molecule has 2 aliphatic rings. The van der Waals surface area contributed by atoms with Gasteiger partial charge >= 0.3 is 0 Å². The minimum atomic E-state index is 0.785. The molecule has 0 saturated heterocycles. The van der Waals surface area contributed by atoms with E-state index in [0.717, 1.165) is 25.0 Å². The fourth-order valence-corrected chi connectivity index (χ4v) is 2.85. The van der Waals surface area contributed by atoms with Crippen LogP contribution in [-0.4, -0.2) is 15.6 Å². The molecule has 1 aromatic heterocycles. The molecule has 2 fully saturated rings. The average molecular weight is 233 g/mol. The Kier molecular flexibility index (Phi) is 3.46. The molecular formula is C14H23N3. The minimum absolute atomic E-state index is 0.785. The first-order chi connectivity index (χ1) is 8.42. The van der Waals surface area contributed by atoms with Crippen molar-refractivity contribution in [1.82, 2.24) is 14.9 Å². The lowest BCUT2D eigenvalue weighted by Crippen LogP contribution is -2.18. The Morgan fingerprint density at radius 1 is 1.24 bits per heavy atom. The number of hydrogen-bond donors (Lipinski definition) is 1. The number of aryl methyl sites for hydroxylation is 1. The van der Waals surface area contributed by atoms with Gasteiger partial charge in [-0.2, -0.15) is 0 Å². The van der Waals surface area contributed by atoms with Crippen molar-refractivity contribution in [1.29, 1.82) is 0 Å². The van der Waals surface area contributed by atoms with Gasteiger partial charge in [0.15, 0.2) is 0 Å². The van der Waals surface area contributed by atoms with Crippen molar-refractivity contribution in [3.05, 3.63) is 18.2 Å². The molecule has 0 aromatic carbocycles.